The highest BCUT2D eigenvalue weighted by Crippen LogP contribution is 2.23. The van der Waals surface area contributed by atoms with E-state index < -0.39 is 21.9 Å². The van der Waals surface area contributed by atoms with Crippen LogP contribution in [0.2, 0.25) is 5.02 Å². The van der Waals surface area contributed by atoms with Crippen molar-refractivity contribution in [3.63, 3.8) is 0 Å². The van der Waals surface area contributed by atoms with E-state index in [1.54, 1.807) is 31.2 Å². The van der Waals surface area contributed by atoms with Crippen LogP contribution in [0, 0.1) is 17.0 Å². The van der Waals surface area contributed by atoms with Gasteiger partial charge in [-0.2, -0.15) is 0 Å². The Hall–Kier alpha value is -2.34. The minimum Gasteiger partial charge on any atom is -0.502 e. The quantitative estimate of drug-likeness (QED) is 0.696. The molecule has 0 unspecified atom stereocenters. The Labute approximate surface area is 119 Å². The number of pyridine rings is 1. The van der Waals surface area contributed by atoms with Crippen LogP contribution in [-0.2, 0) is 6.54 Å². The molecule has 0 aliphatic heterocycles. The molecule has 1 N–H and O–H groups in total. The Kier molecular flexibility index (Phi) is 3.76. The van der Waals surface area contributed by atoms with Gasteiger partial charge in [0.05, 0.1) is 11.5 Å². The number of hydrogen-bond donors (Lipinski definition) is 1. The molecule has 0 spiro atoms. The van der Waals surface area contributed by atoms with Crippen molar-refractivity contribution in [2.75, 3.05) is 0 Å². The second-order valence-corrected chi connectivity index (χ2v) is 4.67. The molecule has 6 nitrogen and oxygen atoms in total. The molecule has 0 fully saturated rings. The van der Waals surface area contributed by atoms with E-state index in [-0.39, 0.29) is 6.54 Å². The molecule has 0 bridgehead atoms. The fourth-order valence-corrected chi connectivity index (χ4v) is 2.10. The molecule has 2 rings (SSSR count). The zero-order valence-electron chi connectivity index (χ0n) is 10.5. The zero-order valence-corrected chi connectivity index (χ0v) is 11.3. The van der Waals surface area contributed by atoms with E-state index in [4.69, 9.17) is 11.6 Å². The van der Waals surface area contributed by atoms with Crippen LogP contribution in [0.4, 0.5) is 5.69 Å². The van der Waals surface area contributed by atoms with Crippen molar-refractivity contribution in [2.45, 2.75) is 13.5 Å². The first-order valence-corrected chi connectivity index (χ1v) is 6.11. The van der Waals surface area contributed by atoms with Gasteiger partial charge in [0.25, 0.3) is 0 Å². The molecule has 0 aliphatic carbocycles. The number of nitro groups is 1. The molecule has 0 aliphatic rings. The van der Waals surface area contributed by atoms with Crippen molar-refractivity contribution in [1.82, 2.24) is 4.57 Å². The van der Waals surface area contributed by atoms with Crippen LogP contribution in [0.3, 0.4) is 0 Å². The first-order chi connectivity index (χ1) is 9.41. The van der Waals surface area contributed by atoms with E-state index in [0.29, 0.717) is 16.3 Å². The number of nitrogens with zero attached hydrogens (tertiary/aromatic N) is 2. The summed E-state index contributed by atoms with van der Waals surface area (Å²) >= 11 is 6.01. The number of aryl methyl sites for hydroxylation is 1. The highest BCUT2D eigenvalue weighted by Gasteiger charge is 2.22. The first-order valence-electron chi connectivity index (χ1n) is 5.73. The molecule has 0 amide bonds. The molecule has 0 radical (unpaired) electrons. The third kappa shape index (κ3) is 2.50. The average Bonchev–Trinajstić information content (AvgIpc) is 2.35. The van der Waals surface area contributed by atoms with Crippen molar-refractivity contribution in [2.24, 2.45) is 0 Å². The molecule has 104 valence electrons. The summed E-state index contributed by atoms with van der Waals surface area (Å²) in [7, 11) is 0. The minimum atomic E-state index is -0.889. The summed E-state index contributed by atoms with van der Waals surface area (Å²) in [5, 5.41) is 20.8. The monoisotopic (exact) mass is 294 g/mol. The van der Waals surface area contributed by atoms with Crippen LogP contribution in [0.15, 0.2) is 35.1 Å². The van der Waals surface area contributed by atoms with Crippen molar-refractivity contribution in [3.05, 3.63) is 67.1 Å². The van der Waals surface area contributed by atoms with Crippen molar-refractivity contribution in [3.8, 4) is 5.75 Å². The second-order valence-electron chi connectivity index (χ2n) is 4.26. The second kappa shape index (κ2) is 5.34. The van der Waals surface area contributed by atoms with Crippen molar-refractivity contribution >= 4 is 17.3 Å². The maximum absolute atomic E-state index is 12.1. The fourth-order valence-electron chi connectivity index (χ4n) is 1.91. The summed E-state index contributed by atoms with van der Waals surface area (Å²) in [6.07, 6.45) is 0. The van der Waals surface area contributed by atoms with E-state index in [1.807, 2.05) is 0 Å². The van der Waals surface area contributed by atoms with Crippen LogP contribution < -0.4 is 5.56 Å². The summed E-state index contributed by atoms with van der Waals surface area (Å²) in [6.45, 7) is 1.69. The zero-order chi connectivity index (χ0) is 14.9. The van der Waals surface area contributed by atoms with Crippen LogP contribution in [0.5, 0.6) is 5.75 Å². The number of rotatable bonds is 3. The molecule has 2 aromatic rings. The Bertz CT molecular complexity index is 740. The van der Waals surface area contributed by atoms with E-state index in [0.717, 1.165) is 0 Å². The molecule has 20 heavy (non-hydrogen) atoms. The smallest absolute Gasteiger partial charge is 0.375 e. The van der Waals surface area contributed by atoms with Gasteiger partial charge in [-0.15, -0.1) is 0 Å². The van der Waals surface area contributed by atoms with Crippen molar-refractivity contribution < 1.29 is 10.0 Å². The number of hydrogen-bond acceptors (Lipinski definition) is 4. The van der Waals surface area contributed by atoms with Gasteiger partial charge in [-0.25, -0.2) is 0 Å². The summed E-state index contributed by atoms with van der Waals surface area (Å²) in [6, 6.07) is 8.10. The van der Waals surface area contributed by atoms with Gasteiger partial charge in [-0.05, 0) is 18.6 Å². The Balaban J connectivity index is 2.58. The lowest BCUT2D eigenvalue weighted by atomic mass is 10.2. The molecular formula is C13H11ClN2O4. The SMILES string of the molecule is Cc1cc(O)c([N+](=O)[O-])c(=O)n1Cc1ccccc1Cl. The summed E-state index contributed by atoms with van der Waals surface area (Å²) in [4.78, 5) is 22.0. The van der Waals surface area contributed by atoms with Gasteiger partial charge >= 0.3 is 11.2 Å². The Morgan fingerprint density at radius 2 is 2.05 bits per heavy atom. The van der Waals surface area contributed by atoms with E-state index in [9.17, 15) is 20.0 Å². The van der Waals surface area contributed by atoms with Gasteiger partial charge in [-0.1, -0.05) is 29.8 Å². The topological polar surface area (TPSA) is 85.4 Å². The standard InChI is InChI=1S/C13H11ClN2O4/c1-8-6-11(17)12(16(19)20)13(18)15(8)7-9-4-2-3-5-10(9)14/h2-6,17H,7H2,1H3. The van der Waals surface area contributed by atoms with Gasteiger partial charge in [-0.3, -0.25) is 14.9 Å². The van der Waals surface area contributed by atoms with Crippen LogP contribution in [0.1, 0.15) is 11.3 Å². The lowest BCUT2D eigenvalue weighted by Crippen LogP contribution is -2.25. The predicted octanol–water partition coefficient (Wildman–Crippen LogP) is 2.47. The van der Waals surface area contributed by atoms with E-state index in [2.05, 4.69) is 0 Å². The number of halogens is 1. The lowest BCUT2D eigenvalue weighted by Gasteiger charge is -2.11. The highest BCUT2D eigenvalue weighted by molar-refractivity contribution is 6.31. The summed E-state index contributed by atoms with van der Waals surface area (Å²) < 4.78 is 1.21. The Morgan fingerprint density at radius 1 is 1.40 bits per heavy atom. The van der Waals surface area contributed by atoms with Gasteiger partial charge < -0.3 is 9.67 Å². The minimum absolute atomic E-state index is 0.103. The molecule has 1 aromatic heterocycles. The van der Waals surface area contributed by atoms with Gasteiger partial charge in [0.1, 0.15) is 0 Å². The molecular weight excluding hydrogens is 284 g/mol. The maximum Gasteiger partial charge on any atom is 0.375 e. The molecule has 7 heteroatoms. The molecule has 0 atom stereocenters. The number of aromatic hydroxyl groups is 1. The maximum atomic E-state index is 12.1. The van der Waals surface area contributed by atoms with Gasteiger partial charge in [0, 0.05) is 16.8 Å². The van der Waals surface area contributed by atoms with Crippen LogP contribution >= 0.6 is 11.6 Å². The van der Waals surface area contributed by atoms with Crippen molar-refractivity contribution in [1.29, 1.82) is 0 Å². The number of benzene rings is 1. The number of aromatic nitrogens is 1. The fraction of sp³-hybridized carbons (Fsp3) is 0.154. The van der Waals surface area contributed by atoms with Crippen LogP contribution in [-0.4, -0.2) is 14.6 Å². The molecule has 0 saturated carbocycles. The lowest BCUT2D eigenvalue weighted by molar-refractivity contribution is -0.387. The Morgan fingerprint density at radius 3 is 2.65 bits per heavy atom. The third-order valence-corrected chi connectivity index (χ3v) is 3.30. The van der Waals surface area contributed by atoms with E-state index in [1.165, 1.54) is 10.6 Å². The molecule has 1 aromatic carbocycles. The van der Waals surface area contributed by atoms with E-state index >= 15 is 0 Å². The molecule has 1 heterocycles. The normalized spacial score (nSPS) is 10.5. The summed E-state index contributed by atoms with van der Waals surface area (Å²) in [5.74, 6) is -0.632. The highest BCUT2D eigenvalue weighted by atomic mass is 35.5. The van der Waals surface area contributed by atoms with Gasteiger partial charge in [0.2, 0.25) is 5.75 Å². The largest absolute Gasteiger partial charge is 0.502 e. The van der Waals surface area contributed by atoms with Crippen LogP contribution in [0.25, 0.3) is 0 Å². The summed E-state index contributed by atoms with van der Waals surface area (Å²) in [5.41, 5.74) is -0.604. The van der Waals surface area contributed by atoms with Gasteiger partial charge in [0.15, 0.2) is 0 Å². The molecule has 0 saturated heterocycles. The first kappa shape index (κ1) is 14.1. The average molecular weight is 295 g/mol. The predicted molar refractivity (Wildman–Crippen MR) is 74.3 cm³/mol. The third-order valence-electron chi connectivity index (χ3n) is 2.93.